The van der Waals surface area contributed by atoms with E-state index < -0.39 is 10.0 Å². The first-order valence-corrected chi connectivity index (χ1v) is 6.86. The van der Waals surface area contributed by atoms with Crippen molar-refractivity contribution >= 4 is 10.0 Å². The molecule has 0 amide bonds. The van der Waals surface area contributed by atoms with Crippen LogP contribution in [0.5, 0.6) is 0 Å². The number of aliphatic hydroxyl groups is 1. The lowest BCUT2D eigenvalue weighted by molar-refractivity contribution is 0.214. The number of hydrogen-bond donors (Lipinski definition) is 1. The molecule has 0 bridgehead atoms. The highest BCUT2D eigenvalue weighted by Crippen LogP contribution is 2.19. The van der Waals surface area contributed by atoms with E-state index in [1.54, 1.807) is 0 Å². The molecule has 17 heavy (non-hydrogen) atoms. The van der Waals surface area contributed by atoms with Gasteiger partial charge in [0.2, 0.25) is 5.09 Å². The largest absolute Gasteiger partial charge is 0.446 e. The summed E-state index contributed by atoms with van der Waals surface area (Å²) in [5.74, 6) is 0.262. The number of furan rings is 1. The van der Waals surface area contributed by atoms with E-state index in [2.05, 4.69) is 4.90 Å². The molecule has 0 radical (unpaired) electrons. The van der Waals surface area contributed by atoms with E-state index in [0.29, 0.717) is 26.2 Å². The number of sulfonamides is 1. The molecule has 1 aliphatic rings. The molecular formula is C10H16N2O4S. The van der Waals surface area contributed by atoms with Crippen LogP contribution >= 0.6 is 0 Å². The van der Waals surface area contributed by atoms with E-state index in [9.17, 15) is 8.42 Å². The Bertz CT molecular complexity index is 474. The lowest BCUT2D eigenvalue weighted by Gasteiger charge is -2.30. The fraction of sp³-hybridized carbons (Fsp3) is 0.600. The van der Waals surface area contributed by atoms with Gasteiger partial charge in [0.05, 0.1) is 0 Å². The number of likely N-dealkylation sites (N-methyl/N-ethyl adjacent to an activating group) is 1. The van der Waals surface area contributed by atoms with E-state index in [1.165, 1.54) is 16.4 Å². The van der Waals surface area contributed by atoms with Crippen molar-refractivity contribution in [1.29, 1.82) is 0 Å². The van der Waals surface area contributed by atoms with Gasteiger partial charge in [0.15, 0.2) is 0 Å². The van der Waals surface area contributed by atoms with Crippen LogP contribution in [0.25, 0.3) is 0 Å². The second-order valence-corrected chi connectivity index (χ2v) is 5.96. The van der Waals surface area contributed by atoms with Gasteiger partial charge in [-0.25, -0.2) is 8.42 Å². The molecular weight excluding hydrogens is 244 g/mol. The van der Waals surface area contributed by atoms with Crippen LogP contribution in [0.15, 0.2) is 21.6 Å². The molecule has 96 valence electrons. The molecule has 0 spiro atoms. The van der Waals surface area contributed by atoms with Crippen molar-refractivity contribution in [3.05, 3.63) is 17.9 Å². The molecule has 1 saturated heterocycles. The van der Waals surface area contributed by atoms with Gasteiger partial charge in [0, 0.05) is 26.2 Å². The first kappa shape index (κ1) is 12.6. The molecule has 1 aliphatic heterocycles. The normalized spacial score (nSPS) is 19.6. The molecule has 0 saturated carbocycles. The van der Waals surface area contributed by atoms with Crippen molar-refractivity contribution in [2.45, 2.75) is 11.7 Å². The molecule has 0 aliphatic carbocycles. The monoisotopic (exact) mass is 260 g/mol. The van der Waals surface area contributed by atoms with Gasteiger partial charge >= 0.3 is 0 Å². The van der Waals surface area contributed by atoms with Crippen LogP contribution in [0.1, 0.15) is 5.76 Å². The second-order valence-electron chi connectivity index (χ2n) is 4.09. The molecule has 1 fully saturated rings. The average Bonchev–Trinajstić information content (AvgIpc) is 2.78. The van der Waals surface area contributed by atoms with Crippen molar-refractivity contribution in [2.75, 3.05) is 33.2 Å². The van der Waals surface area contributed by atoms with Gasteiger partial charge in [-0.05, 0) is 19.2 Å². The summed E-state index contributed by atoms with van der Waals surface area (Å²) in [6, 6.07) is 2.86. The average molecular weight is 260 g/mol. The first-order valence-electron chi connectivity index (χ1n) is 5.42. The van der Waals surface area contributed by atoms with E-state index in [0.717, 1.165) is 0 Å². The van der Waals surface area contributed by atoms with Crippen LogP contribution in [0.4, 0.5) is 0 Å². The minimum atomic E-state index is -3.55. The zero-order chi connectivity index (χ0) is 12.5. The minimum absolute atomic E-state index is 0.0916. The van der Waals surface area contributed by atoms with Crippen molar-refractivity contribution < 1.29 is 17.9 Å². The fourth-order valence-corrected chi connectivity index (χ4v) is 3.09. The van der Waals surface area contributed by atoms with Gasteiger partial charge in [0.25, 0.3) is 10.0 Å². The Labute approximate surface area is 100 Å². The first-order chi connectivity index (χ1) is 8.04. The quantitative estimate of drug-likeness (QED) is 0.808. The van der Waals surface area contributed by atoms with Crippen LogP contribution in [-0.2, 0) is 16.6 Å². The Kier molecular flexibility index (Phi) is 3.53. The molecule has 0 atom stereocenters. The van der Waals surface area contributed by atoms with E-state index in [-0.39, 0.29) is 17.5 Å². The summed E-state index contributed by atoms with van der Waals surface area (Å²) in [7, 11) is -1.59. The molecule has 6 nitrogen and oxygen atoms in total. The third-order valence-electron chi connectivity index (χ3n) is 2.85. The molecule has 2 heterocycles. The highest BCUT2D eigenvalue weighted by atomic mass is 32.2. The fourth-order valence-electron chi connectivity index (χ4n) is 1.74. The van der Waals surface area contributed by atoms with Gasteiger partial charge in [-0.15, -0.1) is 0 Å². The standard InChI is InChI=1S/C10H16N2O4S/c1-11-4-6-12(7-5-11)17(14,15)10-3-2-9(8-13)16-10/h2-3,13H,4-8H2,1H3. The Morgan fingerprint density at radius 2 is 1.94 bits per heavy atom. The van der Waals surface area contributed by atoms with E-state index in [1.807, 2.05) is 7.05 Å². The highest BCUT2D eigenvalue weighted by Gasteiger charge is 2.29. The smallest absolute Gasteiger partial charge is 0.276 e. The van der Waals surface area contributed by atoms with Crippen LogP contribution in [-0.4, -0.2) is 56.0 Å². The maximum absolute atomic E-state index is 12.2. The molecule has 0 aromatic carbocycles. The van der Waals surface area contributed by atoms with Gasteiger partial charge in [0.1, 0.15) is 12.4 Å². The Morgan fingerprint density at radius 3 is 2.47 bits per heavy atom. The summed E-state index contributed by atoms with van der Waals surface area (Å²) in [6.07, 6.45) is 0. The molecule has 0 unspecified atom stereocenters. The number of rotatable bonds is 3. The molecule has 1 aromatic rings. The Balaban J connectivity index is 2.18. The highest BCUT2D eigenvalue weighted by molar-refractivity contribution is 7.89. The van der Waals surface area contributed by atoms with Gasteiger partial charge in [-0.3, -0.25) is 0 Å². The Hall–Kier alpha value is -0.890. The zero-order valence-electron chi connectivity index (χ0n) is 9.66. The second kappa shape index (κ2) is 4.77. The summed E-state index contributed by atoms with van der Waals surface area (Å²) >= 11 is 0. The molecule has 1 aromatic heterocycles. The molecule has 7 heteroatoms. The SMILES string of the molecule is CN1CCN(S(=O)(=O)c2ccc(CO)o2)CC1. The lowest BCUT2D eigenvalue weighted by atomic mass is 10.4. The topological polar surface area (TPSA) is 74.0 Å². The van der Waals surface area contributed by atoms with Gasteiger partial charge in [-0.2, -0.15) is 4.31 Å². The zero-order valence-corrected chi connectivity index (χ0v) is 10.5. The third kappa shape index (κ3) is 2.52. The summed E-state index contributed by atoms with van der Waals surface area (Å²) in [6.45, 7) is 2.07. The van der Waals surface area contributed by atoms with Crippen LogP contribution < -0.4 is 0 Å². The van der Waals surface area contributed by atoms with Crippen molar-refractivity contribution in [3.63, 3.8) is 0 Å². The summed E-state index contributed by atoms with van der Waals surface area (Å²) in [4.78, 5) is 2.08. The van der Waals surface area contributed by atoms with Crippen molar-refractivity contribution in [2.24, 2.45) is 0 Å². The number of aliphatic hydroxyl groups excluding tert-OH is 1. The Morgan fingerprint density at radius 1 is 1.29 bits per heavy atom. The summed E-state index contributed by atoms with van der Waals surface area (Å²) in [5.41, 5.74) is 0. The maximum Gasteiger partial charge on any atom is 0.276 e. The number of hydrogen-bond acceptors (Lipinski definition) is 5. The van der Waals surface area contributed by atoms with E-state index >= 15 is 0 Å². The minimum Gasteiger partial charge on any atom is -0.446 e. The van der Waals surface area contributed by atoms with E-state index in [4.69, 9.17) is 9.52 Å². The lowest BCUT2D eigenvalue weighted by Crippen LogP contribution is -2.46. The predicted octanol–water partition coefficient (Wildman–Crippen LogP) is -0.292. The molecule has 1 N–H and O–H groups in total. The van der Waals surface area contributed by atoms with Crippen LogP contribution in [0.3, 0.4) is 0 Å². The third-order valence-corrected chi connectivity index (χ3v) is 4.62. The summed E-state index contributed by atoms with van der Waals surface area (Å²) < 4.78 is 30.8. The predicted molar refractivity (Wildman–Crippen MR) is 60.9 cm³/mol. The van der Waals surface area contributed by atoms with Gasteiger partial charge < -0.3 is 14.4 Å². The van der Waals surface area contributed by atoms with Gasteiger partial charge in [-0.1, -0.05) is 0 Å². The number of piperazine rings is 1. The maximum atomic E-state index is 12.2. The number of nitrogens with zero attached hydrogens (tertiary/aromatic N) is 2. The molecule has 2 rings (SSSR count). The summed E-state index contributed by atoms with van der Waals surface area (Å²) in [5, 5.41) is 8.76. The van der Waals surface area contributed by atoms with Crippen molar-refractivity contribution in [3.8, 4) is 0 Å². The van der Waals surface area contributed by atoms with Crippen molar-refractivity contribution in [1.82, 2.24) is 9.21 Å². The van der Waals surface area contributed by atoms with Crippen LogP contribution in [0, 0.1) is 0 Å². The van der Waals surface area contributed by atoms with Crippen LogP contribution in [0.2, 0.25) is 0 Å².